The van der Waals surface area contributed by atoms with Crippen LogP contribution in [-0.4, -0.2) is 40.3 Å². The van der Waals surface area contributed by atoms with Crippen LogP contribution < -0.4 is 5.73 Å². The molecule has 0 rings (SSSR count). The first-order valence-electron chi connectivity index (χ1n) is 3.40. The maximum Gasteiger partial charge on any atom is 0.322 e. The minimum Gasteiger partial charge on any atom is -0.480 e. The molecule has 0 aliphatic heterocycles. The van der Waals surface area contributed by atoms with Crippen molar-refractivity contribution in [3.8, 4) is 0 Å². The van der Waals surface area contributed by atoms with Crippen LogP contribution in [0.2, 0.25) is 0 Å². The van der Waals surface area contributed by atoms with E-state index in [2.05, 4.69) is 4.52 Å². The zero-order valence-electron chi connectivity index (χ0n) is 7.14. The molecule has 0 saturated carbocycles. The van der Waals surface area contributed by atoms with Gasteiger partial charge in [-0.2, -0.15) is 0 Å². The van der Waals surface area contributed by atoms with Crippen molar-refractivity contribution in [1.29, 1.82) is 0 Å². The Morgan fingerprint density at radius 3 is 2.15 bits per heavy atom. The van der Waals surface area contributed by atoms with Crippen molar-refractivity contribution in [3.05, 3.63) is 0 Å². The van der Waals surface area contributed by atoms with E-state index in [1.807, 2.05) is 0 Å². The molecule has 80 valence electrons. The molecular formula is C5H14NO6P. The van der Waals surface area contributed by atoms with Gasteiger partial charge in [0.05, 0.1) is 13.2 Å². The zero-order valence-corrected chi connectivity index (χ0v) is 8.14. The molecule has 2 unspecified atom stereocenters. The molecule has 0 bridgehead atoms. The SMILES string of the molecule is CCO[PH](=O)O.NC(CO)C(=O)O. The van der Waals surface area contributed by atoms with Gasteiger partial charge in [-0.1, -0.05) is 0 Å². The molecule has 0 saturated heterocycles. The Morgan fingerprint density at radius 2 is 2.15 bits per heavy atom. The topological polar surface area (TPSA) is 130 Å². The molecule has 0 aromatic heterocycles. The predicted molar refractivity (Wildman–Crippen MR) is 45.5 cm³/mol. The Bertz CT molecular complexity index is 163. The molecule has 0 fully saturated rings. The standard InChI is InChI=1S/C3H7NO3.C2H7O3P/c4-2(1-5)3(6)7;1-2-5-6(3)4/h2,5H,1,4H2,(H,6,7);6H,2H2,1H3,(H,3,4). The second-order valence-corrected chi connectivity index (χ2v) is 2.65. The second kappa shape index (κ2) is 9.63. The van der Waals surface area contributed by atoms with Crippen LogP contribution in [0.4, 0.5) is 0 Å². The van der Waals surface area contributed by atoms with Gasteiger partial charge in [-0.15, -0.1) is 0 Å². The largest absolute Gasteiger partial charge is 0.480 e. The number of rotatable bonds is 4. The lowest BCUT2D eigenvalue weighted by Gasteiger charge is -1.96. The van der Waals surface area contributed by atoms with E-state index >= 15 is 0 Å². The number of carboxylic acids is 1. The average Bonchev–Trinajstić information content (AvgIpc) is 2.03. The van der Waals surface area contributed by atoms with Gasteiger partial charge in [-0.25, -0.2) is 0 Å². The van der Waals surface area contributed by atoms with Crippen molar-refractivity contribution >= 4 is 14.2 Å². The van der Waals surface area contributed by atoms with Crippen LogP contribution in [0.3, 0.4) is 0 Å². The summed E-state index contributed by atoms with van der Waals surface area (Å²) in [6.07, 6.45) is 0. The van der Waals surface area contributed by atoms with E-state index in [4.69, 9.17) is 20.8 Å². The lowest BCUT2D eigenvalue weighted by molar-refractivity contribution is -0.139. The van der Waals surface area contributed by atoms with Gasteiger partial charge in [0.25, 0.3) is 0 Å². The molecule has 0 heterocycles. The molecule has 0 radical (unpaired) electrons. The second-order valence-electron chi connectivity index (χ2n) is 1.83. The highest BCUT2D eigenvalue weighted by molar-refractivity contribution is 7.32. The Kier molecular flexibility index (Phi) is 11.1. The van der Waals surface area contributed by atoms with Crippen molar-refractivity contribution in [2.75, 3.05) is 13.2 Å². The smallest absolute Gasteiger partial charge is 0.322 e. The van der Waals surface area contributed by atoms with Gasteiger partial charge in [0, 0.05) is 0 Å². The molecule has 0 aromatic rings. The molecule has 0 aliphatic carbocycles. The van der Waals surface area contributed by atoms with Gasteiger partial charge in [0.15, 0.2) is 0 Å². The number of carbonyl (C=O) groups is 1. The van der Waals surface area contributed by atoms with Crippen molar-refractivity contribution in [2.24, 2.45) is 5.73 Å². The Balaban J connectivity index is 0. The molecule has 7 nitrogen and oxygen atoms in total. The van der Waals surface area contributed by atoms with Crippen LogP contribution in [0, 0.1) is 0 Å². The van der Waals surface area contributed by atoms with Crippen molar-refractivity contribution in [1.82, 2.24) is 0 Å². The van der Waals surface area contributed by atoms with Crippen LogP contribution in [0.25, 0.3) is 0 Å². The normalized spacial score (nSPS) is 13.8. The average molecular weight is 215 g/mol. The van der Waals surface area contributed by atoms with Crippen LogP contribution >= 0.6 is 8.25 Å². The molecule has 8 heteroatoms. The van der Waals surface area contributed by atoms with Crippen LogP contribution in [0.1, 0.15) is 6.92 Å². The number of nitrogens with two attached hydrogens (primary N) is 1. The first kappa shape index (κ1) is 15.0. The molecule has 0 aliphatic rings. The monoisotopic (exact) mass is 215 g/mol. The lowest BCUT2D eigenvalue weighted by atomic mass is 10.3. The molecule has 0 amide bonds. The Morgan fingerprint density at radius 1 is 1.69 bits per heavy atom. The summed E-state index contributed by atoms with van der Waals surface area (Å²) in [6, 6.07) is -1.13. The fourth-order valence-corrected chi connectivity index (χ4v) is 0.449. The molecule has 0 spiro atoms. The van der Waals surface area contributed by atoms with Gasteiger partial charge in [-0.3, -0.25) is 9.36 Å². The predicted octanol–water partition coefficient (Wildman–Crippen LogP) is -1.20. The molecule has 13 heavy (non-hydrogen) atoms. The number of aliphatic hydroxyl groups is 1. The number of carboxylic acid groups (broad SMARTS) is 1. The summed E-state index contributed by atoms with van der Waals surface area (Å²) < 4.78 is 13.7. The summed E-state index contributed by atoms with van der Waals surface area (Å²) in [6.45, 7) is 1.47. The van der Waals surface area contributed by atoms with Crippen LogP contribution in [0.15, 0.2) is 0 Å². The zero-order chi connectivity index (χ0) is 10.9. The quantitative estimate of drug-likeness (QED) is 0.433. The molecular weight excluding hydrogens is 201 g/mol. The van der Waals surface area contributed by atoms with Gasteiger partial charge < -0.3 is 25.4 Å². The number of hydrogen-bond donors (Lipinski definition) is 4. The minimum absolute atomic E-state index is 0.314. The van der Waals surface area contributed by atoms with Crippen LogP contribution in [-0.2, 0) is 13.9 Å². The maximum absolute atomic E-state index is 9.65. The fraction of sp³-hybridized carbons (Fsp3) is 0.800. The Labute approximate surface area is 76.1 Å². The van der Waals surface area contributed by atoms with E-state index in [0.29, 0.717) is 6.61 Å². The third-order valence-electron chi connectivity index (χ3n) is 0.782. The highest BCUT2D eigenvalue weighted by Gasteiger charge is 2.06. The fourth-order valence-electron chi connectivity index (χ4n) is 0.202. The first-order chi connectivity index (χ1) is 5.95. The first-order valence-corrected chi connectivity index (χ1v) is 4.67. The van der Waals surface area contributed by atoms with E-state index in [1.54, 1.807) is 6.92 Å². The molecule has 0 aromatic carbocycles. The van der Waals surface area contributed by atoms with Gasteiger partial charge in [0.2, 0.25) is 0 Å². The van der Waals surface area contributed by atoms with E-state index in [9.17, 15) is 9.36 Å². The van der Waals surface area contributed by atoms with Crippen molar-refractivity contribution in [3.63, 3.8) is 0 Å². The van der Waals surface area contributed by atoms with E-state index in [1.165, 1.54) is 0 Å². The number of aliphatic carboxylic acids is 1. The third kappa shape index (κ3) is 14.4. The van der Waals surface area contributed by atoms with Crippen LogP contribution in [0.5, 0.6) is 0 Å². The van der Waals surface area contributed by atoms with Gasteiger partial charge in [0.1, 0.15) is 6.04 Å². The summed E-state index contributed by atoms with van der Waals surface area (Å²) in [5.74, 6) is -1.18. The van der Waals surface area contributed by atoms with Crippen molar-refractivity contribution < 1.29 is 29.0 Å². The summed E-state index contributed by atoms with van der Waals surface area (Å²) in [7, 11) is -2.64. The summed E-state index contributed by atoms with van der Waals surface area (Å²) in [5.41, 5.74) is 4.77. The van der Waals surface area contributed by atoms with Gasteiger partial charge in [-0.05, 0) is 6.92 Å². The summed E-state index contributed by atoms with van der Waals surface area (Å²) in [5, 5.41) is 15.9. The maximum atomic E-state index is 9.65. The third-order valence-corrected chi connectivity index (χ3v) is 1.32. The van der Waals surface area contributed by atoms with E-state index in [0.717, 1.165) is 0 Å². The van der Waals surface area contributed by atoms with Crippen molar-refractivity contribution in [2.45, 2.75) is 13.0 Å². The molecule has 2 atom stereocenters. The van der Waals surface area contributed by atoms with E-state index < -0.39 is 26.9 Å². The summed E-state index contributed by atoms with van der Waals surface area (Å²) >= 11 is 0. The highest BCUT2D eigenvalue weighted by Crippen LogP contribution is 2.12. The molecule has 5 N–H and O–H groups in total. The van der Waals surface area contributed by atoms with E-state index in [-0.39, 0.29) is 0 Å². The van der Waals surface area contributed by atoms with Gasteiger partial charge >= 0.3 is 14.2 Å². The highest BCUT2D eigenvalue weighted by atomic mass is 31.1. The minimum atomic E-state index is -2.64. The Hall–Kier alpha value is -0.460. The lowest BCUT2D eigenvalue weighted by Crippen LogP contribution is -2.33. The number of hydrogen-bond acceptors (Lipinski definition) is 5. The number of aliphatic hydroxyl groups excluding tert-OH is 1. The summed E-state index contributed by atoms with van der Waals surface area (Å²) in [4.78, 5) is 17.5.